The van der Waals surface area contributed by atoms with Crippen LogP contribution in [0.4, 0.5) is 0 Å². The maximum Gasteiger partial charge on any atom is 0.277 e. The van der Waals surface area contributed by atoms with Crippen LogP contribution in [0, 0.1) is 0 Å². The minimum Gasteiger partial charge on any atom is -0.318 e. The Bertz CT molecular complexity index is 606. The van der Waals surface area contributed by atoms with Crippen molar-refractivity contribution in [3.63, 3.8) is 0 Å². The van der Waals surface area contributed by atoms with Gasteiger partial charge in [0.15, 0.2) is 10.0 Å². The predicted octanol–water partition coefficient (Wildman–Crippen LogP) is 2.42. The highest BCUT2D eigenvalue weighted by molar-refractivity contribution is 8.13. The van der Waals surface area contributed by atoms with E-state index in [9.17, 15) is 9.59 Å². The van der Waals surface area contributed by atoms with Crippen LogP contribution in [0.5, 0.6) is 0 Å². The molecule has 0 unspecified atom stereocenters. The molecule has 112 valence electrons. The zero-order chi connectivity index (χ0) is 15.6. The standard InChI is InChI=1S/C12H10Cl3N3O2S/c1-21-11-16-10(20)12(18-11,9(14)15)17-8(19)6-2-4-7(13)5-3-6/h2-5,9H,1H3,(H,17,19)(H,16,18,20)/t12-/m0/s1. The summed E-state index contributed by atoms with van der Waals surface area (Å²) in [6.07, 6.45) is 1.73. The van der Waals surface area contributed by atoms with E-state index in [-0.39, 0.29) is 0 Å². The maximum absolute atomic E-state index is 12.2. The van der Waals surface area contributed by atoms with E-state index in [1.807, 2.05) is 0 Å². The molecule has 21 heavy (non-hydrogen) atoms. The fourth-order valence-electron chi connectivity index (χ4n) is 1.66. The largest absolute Gasteiger partial charge is 0.318 e. The summed E-state index contributed by atoms with van der Waals surface area (Å²) < 4.78 is 0. The van der Waals surface area contributed by atoms with Crippen LogP contribution in [0.2, 0.25) is 5.02 Å². The molecule has 2 amide bonds. The molecule has 0 saturated heterocycles. The third kappa shape index (κ3) is 3.29. The van der Waals surface area contributed by atoms with Crippen molar-refractivity contribution in [1.82, 2.24) is 10.6 Å². The van der Waals surface area contributed by atoms with E-state index in [2.05, 4.69) is 15.6 Å². The molecule has 0 aromatic heterocycles. The Morgan fingerprint density at radius 1 is 1.38 bits per heavy atom. The van der Waals surface area contributed by atoms with Crippen molar-refractivity contribution in [1.29, 1.82) is 0 Å². The van der Waals surface area contributed by atoms with Crippen LogP contribution >= 0.6 is 46.6 Å². The van der Waals surface area contributed by atoms with E-state index < -0.39 is 22.3 Å². The van der Waals surface area contributed by atoms with E-state index in [1.54, 1.807) is 18.4 Å². The second kappa shape index (κ2) is 6.44. The fraction of sp³-hybridized carbons (Fsp3) is 0.250. The number of carbonyl (C=O) groups excluding carboxylic acids is 2. The first-order valence-electron chi connectivity index (χ1n) is 5.70. The van der Waals surface area contributed by atoms with Gasteiger partial charge in [-0.25, -0.2) is 4.99 Å². The van der Waals surface area contributed by atoms with Gasteiger partial charge in [-0.1, -0.05) is 46.6 Å². The highest BCUT2D eigenvalue weighted by Gasteiger charge is 2.50. The van der Waals surface area contributed by atoms with E-state index in [0.717, 1.165) is 0 Å². The van der Waals surface area contributed by atoms with Gasteiger partial charge < -0.3 is 10.6 Å². The van der Waals surface area contributed by atoms with E-state index >= 15 is 0 Å². The van der Waals surface area contributed by atoms with Crippen molar-refractivity contribution in [3.05, 3.63) is 34.9 Å². The molecule has 1 aromatic carbocycles. The van der Waals surface area contributed by atoms with Gasteiger partial charge >= 0.3 is 0 Å². The molecule has 1 atom stereocenters. The number of hydrogen-bond donors (Lipinski definition) is 2. The van der Waals surface area contributed by atoms with E-state index in [1.165, 1.54) is 23.9 Å². The number of nitrogens with one attached hydrogen (secondary N) is 2. The monoisotopic (exact) mass is 365 g/mol. The summed E-state index contributed by atoms with van der Waals surface area (Å²) in [5, 5.41) is 5.83. The SMILES string of the molecule is CSC1=N[C@@](NC(=O)c2ccc(Cl)cc2)(C(Cl)Cl)C(=O)N1. The van der Waals surface area contributed by atoms with Gasteiger partial charge in [0.05, 0.1) is 0 Å². The highest BCUT2D eigenvalue weighted by Crippen LogP contribution is 2.28. The highest BCUT2D eigenvalue weighted by atomic mass is 35.5. The van der Waals surface area contributed by atoms with Crippen molar-refractivity contribution in [2.75, 3.05) is 6.26 Å². The molecule has 0 aliphatic carbocycles. The first-order chi connectivity index (χ1) is 9.89. The number of carbonyl (C=O) groups is 2. The fourth-order valence-corrected chi connectivity index (χ4v) is 2.62. The molecular formula is C12H10Cl3N3O2S. The van der Waals surface area contributed by atoms with Crippen LogP contribution in [0.25, 0.3) is 0 Å². The number of thioether (sulfide) groups is 1. The number of amidine groups is 1. The van der Waals surface area contributed by atoms with Crippen LogP contribution in [0.15, 0.2) is 29.3 Å². The number of alkyl halides is 2. The van der Waals surface area contributed by atoms with Gasteiger partial charge in [0, 0.05) is 10.6 Å². The molecule has 2 rings (SSSR count). The Hall–Kier alpha value is -0.950. The van der Waals surface area contributed by atoms with Crippen LogP contribution in [0.3, 0.4) is 0 Å². The first-order valence-corrected chi connectivity index (χ1v) is 8.18. The summed E-state index contributed by atoms with van der Waals surface area (Å²) in [7, 11) is 0. The maximum atomic E-state index is 12.2. The lowest BCUT2D eigenvalue weighted by atomic mass is 10.1. The molecule has 0 radical (unpaired) electrons. The second-order valence-corrected chi connectivity index (χ2v) is 6.43. The number of halogens is 3. The molecular weight excluding hydrogens is 357 g/mol. The van der Waals surface area contributed by atoms with Crippen LogP contribution in [0.1, 0.15) is 10.4 Å². The summed E-state index contributed by atoms with van der Waals surface area (Å²) in [6.45, 7) is 0. The van der Waals surface area contributed by atoms with Gasteiger partial charge in [-0.15, -0.1) is 0 Å². The molecule has 0 bridgehead atoms. The third-order valence-corrected chi connectivity index (χ3v) is 4.23. The minimum atomic E-state index is -1.74. The molecule has 0 spiro atoms. The lowest BCUT2D eigenvalue weighted by Crippen LogP contribution is -2.58. The average Bonchev–Trinajstić information content (AvgIpc) is 2.77. The second-order valence-electron chi connectivity index (χ2n) is 4.10. The van der Waals surface area contributed by atoms with Gasteiger partial charge in [0.1, 0.15) is 0 Å². The third-order valence-electron chi connectivity index (χ3n) is 2.76. The number of hydrogen-bond acceptors (Lipinski definition) is 4. The first kappa shape index (κ1) is 16.4. The predicted molar refractivity (Wildman–Crippen MR) is 86.2 cm³/mol. The van der Waals surface area contributed by atoms with Crippen LogP contribution in [-0.2, 0) is 4.79 Å². The van der Waals surface area contributed by atoms with Gasteiger partial charge in [-0.05, 0) is 30.5 Å². The number of amides is 2. The topological polar surface area (TPSA) is 70.6 Å². The molecule has 0 saturated carbocycles. The van der Waals surface area contributed by atoms with Crippen molar-refractivity contribution in [2.45, 2.75) is 10.5 Å². The minimum absolute atomic E-state index is 0.313. The Morgan fingerprint density at radius 2 is 2.00 bits per heavy atom. The summed E-state index contributed by atoms with van der Waals surface area (Å²) in [6, 6.07) is 6.17. The summed E-state index contributed by atoms with van der Waals surface area (Å²) in [5.41, 5.74) is -1.42. The summed E-state index contributed by atoms with van der Waals surface area (Å²) in [5.74, 6) is -1.11. The van der Waals surface area contributed by atoms with Crippen LogP contribution < -0.4 is 10.6 Å². The lowest BCUT2D eigenvalue weighted by molar-refractivity contribution is -0.124. The smallest absolute Gasteiger partial charge is 0.277 e. The molecule has 0 fully saturated rings. The summed E-state index contributed by atoms with van der Waals surface area (Å²) in [4.78, 5) is 27.2. The van der Waals surface area contributed by atoms with E-state index in [0.29, 0.717) is 15.8 Å². The molecule has 5 nitrogen and oxygen atoms in total. The van der Waals surface area contributed by atoms with Gasteiger partial charge in [0.2, 0.25) is 5.66 Å². The van der Waals surface area contributed by atoms with Crippen molar-refractivity contribution >= 4 is 63.5 Å². The number of benzene rings is 1. The lowest BCUT2D eigenvalue weighted by Gasteiger charge is -2.25. The Morgan fingerprint density at radius 3 is 2.48 bits per heavy atom. The quantitative estimate of drug-likeness (QED) is 0.807. The Balaban J connectivity index is 2.29. The number of rotatable bonds is 3. The zero-order valence-electron chi connectivity index (χ0n) is 10.7. The van der Waals surface area contributed by atoms with Crippen molar-refractivity contribution < 1.29 is 9.59 Å². The van der Waals surface area contributed by atoms with E-state index in [4.69, 9.17) is 34.8 Å². The number of aliphatic imine (C=N–C) groups is 1. The normalized spacial score (nSPS) is 21.2. The molecule has 1 aromatic rings. The van der Waals surface area contributed by atoms with Gasteiger partial charge in [-0.3, -0.25) is 9.59 Å². The molecule has 1 aliphatic heterocycles. The van der Waals surface area contributed by atoms with Crippen molar-refractivity contribution in [3.8, 4) is 0 Å². The average molecular weight is 367 g/mol. The van der Waals surface area contributed by atoms with Crippen molar-refractivity contribution in [2.24, 2.45) is 4.99 Å². The zero-order valence-corrected chi connectivity index (χ0v) is 13.8. The van der Waals surface area contributed by atoms with Gasteiger partial charge in [-0.2, -0.15) is 0 Å². The molecule has 1 aliphatic rings. The van der Waals surface area contributed by atoms with Gasteiger partial charge in [0.25, 0.3) is 11.8 Å². The number of nitrogens with zero attached hydrogens (tertiary/aromatic N) is 1. The molecule has 2 N–H and O–H groups in total. The van der Waals surface area contributed by atoms with Crippen LogP contribution in [-0.4, -0.2) is 33.7 Å². The molecule has 9 heteroatoms. The molecule has 1 heterocycles. The Kier molecular flexibility index (Phi) is 5.03. The Labute approximate surface area is 140 Å². The summed E-state index contributed by atoms with van der Waals surface area (Å²) >= 11 is 18.7.